The van der Waals surface area contributed by atoms with Gasteiger partial charge in [0, 0.05) is 16.9 Å². The number of amides is 1. The molecule has 1 aromatic rings. The lowest BCUT2D eigenvalue weighted by Gasteiger charge is -2.56. The van der Waals surface area contributed by atoms with Crippen LogP contribution in [0.5, 0.6) is 5.75 Å². The van der Waals surface area contributed by atoms with Gasteiger partial charge in [0.2, 0.25) is 5.91 Å². The quantitative estimate of drug-likeness (QED) is 0.648. The van der Waals surface area contributed by atoms with Crippen LogP contribution in [0, 0.1) is 17.8 Å². The standard InChI is InChI=1S/C22H30N2O2S2/c1-2-26-19-6-4-3-5-18(19)14-28-21(27)23-13-20(25)24-22-10-15-7-16(11-22)9-17(8-15)12-22/h3-6,15-17H,2,7-14H2,1H3,(H,23,27)(H,24,25). The molecule has 4 bridgehead atoms. The van der Waals surface area contributed by atoms with E-state index in [1.165, 1.54) is 38.5 Å². The second-order valence-corrected chi connectivity index (χ2v) is 10.4. The number of carbonyl (C=O) groups is 1. The highest BCUT2D eigenvalue weighted by Crippen LogP contribution is 2.55. The van der Waals surface area contributed by atoms with E-state index in [0.29, 0.717) is 10.9 Å². The van der Waals surface area contributed by atoms with E-state index in [9.17, 15) is 4.79 Å². The first kappa shape index (κ1) is 20.0. The molecule has 6 heteroatoms. The number of ether oxygens (including phenoxy) is 1. The van der Waals surface area contributed by atoms with Gasteiger partial charge in [0.25, 0.3) is 0 Å². The van der Waals surface area contributed by atoms with Gasteiger partial charge in [0.05, 0.1) is 13.2 Å². The zero-order valence-electron chi connectivity index (χ0n) is 16.5. The van der Waals surface area contributed by atoms with Crippen LogP contribution in [0.2, 0.25) is 0 Å². The molecule has 1 aromatic carbocycles. The summed E-state index contributed by atoms with van der Waals surface area (Å²) in [4.78, 5) is 12.6. The van der Waals surface area contributed by atoms with Gasteiger partial charge in [0.15, 0.2) is 0 Å². The Bertz CT molecular complexity index is 702. The van der Waals surface area contributed by atoms with E-state index in [-0.39, 0.29) is 18.0 Å². The van der Waals surface area contributed by atoms with Crippen LogP contribution >= 0.6 is 24.0 Å². The van der Waals surface area contributed by atoms with Crippen molar-refractivity contribution in [3.8, 4) is 5.75 Å². The van der Waals surface area contributed by atoms with Crippen molar-refractivity contribution >= 4 is 34.2 Å². The van der Waals surface area contributed by atoms with Gasteiger partial charge in [-0.25, -0.2) is 0 Å². The molecule has 0 spiro atoms. The molecule has 5 rings (SSSR count). The highest BCUT2D eigenvalue weighted by Gasteiger charge is 2.51. The van der Waals surface area contributed by atoms with Gasteiger partial charge in [-0.15, -0.1) is 0 Å². The first-order valence-corrected chi connectivity index (χ1v) is 11.9. The number of rotatable bonds is 7. The minimum absolute atomic E-state index is 0.0682. The largest absolute Gasteiger partial charge is 0.494 e. The maximum Gasteiger partial charge on any atom is 0.239 e. The van der Waals surface area contributed by atoms with Crippen LogP contribution in [-0.4, -0.2) is 28.9 Å². The molecule has 4 nitrogen and oxygen atoms in total. The van der Waals surface area contributed by atoms with Crippen LogP contribution in [0.3, 0.4) is 0 Å². The lowest BCUT2D eigenvalue weighted by molar-refractivity contribution is -0.125. The van der Waals surface area contributed by atoms with Crippen molar-refractivity contribution in [1.82, 2.24) is 10.6 Å². The molecule has 0 radical (unpaired) electrons. The third-order valence-electron chi connectivity index (χ3n) is 6.47. The summed E-state index contributed by atoms with van der Waals surface area (Å²) in [5.41, 5.74) is 1.19. The number of hydrogen-bond donors (Lipinski definition) is 2. The number of thiocarbonyl (C=S) groups is 1. The smallest absolute Gasteiger partial charge is 0.239 e. The first-order chi connectivity index (χ1) is 13.5. The van der Waals surface area contributed by atoms with Crippen molar-refractivity contribution in [3.05, 3.63) is 29.8 Å². The van der Waals surface area contributed by atoms with E-state index in [4.69, 9.17) is 17.0 Å². The normalized spacial score (nSPS) is 30.1. The van der Waals surface area contributed by atoms with Crippen molar-refractivity contribution in [1.29, 1.82) is 0 Å². The van der Waals surface area contributed by atoms with Crippen LogP contribution in [0.25, 0.3) is 0 Å². The van der Waals surface area contributed by atoms with Gasteiger partial charge in [-0.1, -0.05) is 42.2 Å². The van der Waals surface area contributed by atoms with Crippen molar-refractivity contribution in [3.63, 3.8) is 0 Å². The van der Waals surface area contributed by atoms with Crippen LogP contribution in [0.15, 0.2) is 24.3 Å². The third kappa shape index (κ3) is 4.65. The summed E-state index contributed by atoms with van der Waals surface area (Å²) in [5.74, 6) is 4.22. The molecule has 4 aliphatic rings. The average molecular weight is 419 g/mol. The molecular formula is C22H30N2O2S2. The minimum atomic E-state index is 0.0682. The van der Waals surface area contributed by atoms with Crippen LogP contribution < -0.4 is 15.4 Å². The molecule has 4 aliphatic carbocycles. The molecule has 4 fully saturated rings. The molecule has 2 N–H and O–H groups in total. The van der Waals surface area contributed by atoms with E-state index in [1.807, 2.05) is 25.1 Å². The average Bonchev–Trinajstić information content (AvgIpc) is 2.64. The first-order valence-electron chi connectivity index (χ1n) is 10.5. The summed E-state index contributed by atoms with van der Waals surface area (Å²) in [5, 5.41) is 6.52. The Balaban J connectivity index is 1.22. The zero-order chi connectivity index (χ0) is 19.6. The lowest BCUT2D eigenvalue weighted by Crippen LogP contribution is -2.60. The van der Waals surface area contributed by atoms with Gasteiger partial charge < -0.3 is 15.4 Å². The van der Waals surface area contributed by atoms with E-state index >= 15 is 0 Å². The van der Waals surface area contributed by atoms with Crippen LogP contribution in [-0.2, 0) is 10.5 Å². The summed E-state index contributed by atoms with van der Waals surface area (Å²) < 4.78 is 6.32. The molecule has 0 unspecified atom stereocenters. The van der Waals surface area contributed by atoms with Crippen molar-refractivity contribution in [2.24, 2.45) is 17.8 Å². The molecule has 0 atom stereocenters. The fourth-order valence-electron chi connectivity index (χ4n) is 5.87. The van der Waals surface area contributed by atoms with E-state index in [0.717, 1.165) is 34.8 Å². The number of nitrogens with one attached hydrogen (secondary N) is 2. The number of carbonyl (C=O) groups excluding carboxylic acids is 1. The van der Waals surface area contributed by atoms with Gasteiger partial charge in [0.1, 0.15) is 10.1 Å². The highest BCUT2D eigenvalue weighted by molar-refractivity contribution is 8.22. The number of benzene rings is 1. The number of para-hydroxylation sites is 1. The predicted molar refractivity (Wildman–Crippen MR) is 119 cm³/mol. The van der Waals surface area contributed by atoms with Crippen molar-refractivity contribution in [2.45, 2.75) is 56.7 Å². The Morgan fingerprint density at radius 1 is 1.18 bits per heavy atom. The second-order valence-electron chi connectivity index (χ2n) is 8.72. The molecule has 0 saturated heterocycles. The van der Waals surface area contributed by atoms with Gasteiger partial charge >= 0.3 is 0 Å². The van der Waals surface area contributed by atoms with Gasteiger partial charge in [-0.3, -0.25) is 4.79 Å². The molecular weight excluding hydrogens is 388 g/mol. The molecule has 28 heavy (non-hydrogen) atoms. The van der Waals surface area contributed by atoms with E-state index in [1.54, 1.807) is 11.8 Å². The Labute approximate surface area is 177 Å². The molecule has 0 aliphatic heterocycles. The van der Waals surface area contributed by atoms with Gasteiger partial charge in [-0.2, -0.15) is 0 Å². The molecule has 0 aromatic heterocycles. The topological polar surface area (TPSA) is 50.4 Å². The Morgan fingerprint density at radius 3 is 2.46 bits per heavy atom. The SMILES string of the molecule is CCOc1ccccc1CSC(=S)NCC(=O)NC12CC3CC(CC(C3)C1)C2. The lowest BCUT2D eigenvalue weighted by atomic mass is 9.53. The minimum Gasteiger partial charge on any atom is -0.494 e. The third-order valence-corrected chi connectivity index (χ3v) is 7.83. The highest BCUT2D eigenvalue weighted by atomic mass is 32.2. The summed E-state index contributed by atoms with van der Waals surface area (Å²) in [6, 6.07) is 8.02. The van der Waals surface area contributed by atoms with E-state index < -0.39 is 0 Å². The van der Waals surface area contributed by atoms with Crippen LogP contribution in [0.1, 0.15) is 51.0 Å². The Morgan fingerprint density at radius 2 is 1.82 bits per heavy atom. The predicted octanol–water partition coefficient (Wildman–Crippen LogP) is 4.28. The van der Waals surface area contributed by atoms with Crippen molar-refractivity contribution in [2.75, 3.05) is 13.2 Å². The summed E-state index contributed by atoms with van der Waals surface area (Å²) in [7, 11) is 0. The Hall–Kier alpha value is -1.27. The summed E-state index contributed by atoms with van der Waals surface area (Å²) in [6.07, 6.45) is 7.69. The van der Waals surface area contributed by atoms with Crippen LogP contribution in [0.4, 0.5) is 0 Å². The summed E-state index contributed by atoms with van der Waals surface area (Å²) >= 11 is 6.97. The van der Waals surface area contributed by atoms with Gasteiger partial charge in [-0.05, 0) is 69.3 Å². The van der Waals surface area contributed by atoms with Crippen molar-refractivity contribution < 1.29 is 9.53 Å². The number of thioether (sulfide) groups is 1. The fraction of sp³-hybridized carbons (Fsp3) is 0.636. The maximum atomic E-state index is 12.6. The molecule has 4 saturated carbocycles. The second kappa shape index (κ2) is 8.62. The zero-order valence-corrected chi connectivity index (χ0v) is 18.2. The Kier molecular flexibility index (Phi) is 6.16. The summed E-state index contributed by atoms with van der Waals surface area (Å²) in [6.45, 7) is 2.90. The monoisotopic (exact) mass is 418 g/mol. The molecule has 152 valence electrons. The van der Waals surface area contributed by atoms with E-state index in [2.05, 4.69) is 16.7 Å². The fourth-order valence-corrected chi connectivity index (χ4v) is 6.82. The maximum absolute atomic E-state index is 12.6. The molecule has 1 amide bonds. The number of hydrogen-bond acceptors (Lipinski definition) is 4. The molecule has 0 heterocycles.